The van der Waals surface area contributed by atoms with Crippen LogP contribution in [0.25, 0.3) is 0 Å². The molecule has 2 N–H and O–H groups in total. The number of nitrogens with zero attached hydrogens (tertiary/aromatic N) is 4. The van der Waals surface area contributed by atoms with Crippen LogP contribution in [-0.2, 0) is 48.6 Å². The van der Waals surface area contributed by atoms with Gasteiger partial charge in [-0.1, -0.05) is 0 Å². The molecule has 2 bridgehead atoms. The van der Waals surface area contributed by atoms with Crippen molar-refractivity contribution < 1.29 is 49.3 Å². The molecule has 1 aromatic carbocycles. The van der Waals surface area contributed by atoms with Gasteiger partial charge in [-0.25, -0.2) is 26.8 Å². The molecule has 4 aliphatic rings. The van der Waals surface area contributed by atoms with Crippen molar-refractivity contribution in [1.29, 1.82) is 0 Å². The number of carbonyl (C=O) groups is 1. The lowest BCUT2D eigenvalue weighted by Gasteiger charge is -2.42. The van der Waals surface area contributed by atoms with Crippen molar-refractivity contribution in [2.24, 2.45) is 5.73 Å². The number of nitrogens with two attached hydrogens (primary N) is 1. The summed E-state index contributed by atoms with van der Waals surface area (Å²) in [4.78, 5) is 14.2. The van der Waals surface area contributed by atoms with Gasteiger partial charge in [-0.05, 0) is 11.6 Å². The molecule has 3 fully saturated rings. The van der Waals surface area contributed by atoms with Crippen LogP contribution in [0.2, 0.25) is 0 Å². The number of phosphoric acid groups is 1. The minimum Gasteiger partial charge on any atom is -0.328 e. The fourth-order valence-electron chi connectivity index (χ4n) is 3.91. The number of rotatable bonds is 3. The average molecular weight is 499 g/mol. The monoisotopic (exact) mass is 499 g/mol. The Balaban J connectivity index is 1.44. The highest BCUT2D eigenvalue weighted by molar-refractivity contribution is 7.50. The lowest BCUT2D eigenvalue weighted by molar-refractivity contribution is -0.224. The second kappa shape index (κ2) is 6.76. The molecule has 178 valence electrons. The Morgan fingerprint density at radius 2 is 1.76 bits per heavy atom. The van der Waals surface area contributed by atoms with Gasteiger partial charge < -0.3 is 9.47 Å². The molecule has 0 spiro atoms. The summed E-state index contributed by atoms with van der Waals surface area (Å²) in [6.07, 6.45) is -5.57. The highest BCUT2D eigenvalue weighted by Gasteiger charge is 2.82. The van der Waals surface area contributed by atoms with Crippen LogP contribution in [0.1, 0.15) is 17.2 Å². The second-order valence-electron chi connectivity index (χ2n) is 7.58. The largest absolute Gasteiger partial charge is 0.483 e. The summed E-state index contributed by atoms with van der Waals surface area (Å²) in [5.41, 5.74) is 3.11. The molecule has 17 heteroatoms. The molecule has 0 aliphatic carbocycles. The van der Waals surface area contributed by atoms with Gasteiger partial charge in [-0.15, -0.1) is 10.2 Å². The number of halogens is 6. The van der Waals surface area contributed by atoms with E-state index in [1.807, 2.05) is 0 Å². The maximum Gasteiger partial charge on any atom is 0.483 e. The molecule has 5 heterocycles. The number of carbonyl (C=O) groups excluding carboxylic acids is 1. The fraction of sp³-hybridized carbons (Fsp3) is 0.438. The van der Waals surface area contributed by atoms with Gasteiger partial charge in [0.05, 0.1) is 6.54 Å². The van der Waals surface area contributed by atoms with Gasteiger partial charge in [0.15, 0.2) is 23.2 Å². The smallest absolute Gasteiger partial charge is 0.328 e. The molecule has 2 aromatic rings. The third-order valence-corrected chi connectivity index (χ3v) is 6.94. The predicted molar refractivity (Wildman–Crippen MR) is 91.0 cm³/mol. The van der Waals surface area contributed by atoms with Crippen LogP contribution in [0.5, 0.6) is 0 Å². The van der Waals surface area contributed by atoms with Gasteiger partial charge in [-0.2, -0.15) is 13.2 Å². The Morgan fingerprint density at radius 3 is 2.42 bits per heavy atom. The Bertz CT molecular complexity index is 1230. The molecule has 0 saturated carbocycles. The third kappa shape index (κ3) is 3.19. The van der Waals surface area contributed by atoms with Crippen molar-refractivity contribution in [3.63, 3.8) is 0 Å². The summed E-state index contributed by atoms with van der Waals surface area (Å²) < 4.78 is 108. The van der Waals surface area contributed by atoms with E-state index in [4.69, 9.17) is 19.3 Å². The Kier molecular flexibility index (Phi) is 4.56. The van der Waals surface area contributed by atoms with Crippen molar-refractivity contribution in [1.82, 2.24) is 19.7 Å². The highest BCUT2D eigenvalue weighted by Crippen LogP contribution is 2.77. The van der Waals surface area contributed by atoms with Crippen LogP contribution in [0.4, 0.5) is 26.3 Å². The van der Waals surface area contributed by atoms with Crippen LogP contribution in [0, 0.1) is 17.5 Å². The molecule has 3 saturated heterocycles. The molecule has 0 unspecified atom stereocenters. The maximum absolute atomic E-state index is 14.2. The van der Waals surface area contributed by atoms with Gasteiger partial charge in [-0.3, -0.25) is 15.1 Å². The average Bonchev–Trinajstić information content (AvgIpc) is 3.28. The van der Waals surface area contributed by atoms with E-state index in [9.17, 15) is 35.7 Å². The van der Waals surface area contributed by atoms with Crippen LogP contribution < -0.4 is 5.73 Å². The first kappa shape index (κ1) is 22.3. The summed E-state index contributed by atoms with van der Waals surface area (Å²) in [5, 5.41) is 6.53. The number of alkyl halides is 3. The minimum absolute atomic E-state index is 0.200. The lowest BCUT2D eigenvalue weighted by atomic mass is 9.93. The molecule has 1 aromatic heterocycles. The molecule has 1 amide bonds. The summed E-state index contributed by atoms with van der Waals surface area (Å²) >= 11 is 0. The number of phosphoric ester groups is 1. The third-order valence-electron chi connectivity index (χ3n) is 5.43. The van der Waals surface area contributed by atoms with Gasteiger partial charge in [0.1, 0.15) is 5.82 Å². The fourth-order valence-corrected chi connectivity index (χ4v) is 5.68. The topological polar surface area (TPSA) is 122 Å². The molecule has 4 aliphatic heterocycles. The highest BCUT2D eigenvalue weighted by atomic mass is 31.2. The normalized spacial score (nSPS) is 30.8. The van der Waals surface area contributed by atoms with E-state index >= 15 is 0 Å². The van der Waals surface area contributed by atoms with Gasteiger partial charge in [0.2, 0.25) is 5.82 Å². The number of fused-ring (bicyclic) bond motifs is 2. The molecule has 10 nitrogen and oxygen atoms in total. The van der Waals surface area contributed by atoms with Crippen molar-refractivity contribution in [3.8, 4) is 0 Å². The summed E-state index contributed by atoms with van der Waals surface area (Å²) in [7, 11) is -4.29. The summed E-state index contributed by atoms with van der Waals surface area (Å²) in [6.45, 7) is -1.09. The van der Waals surface area contributed by atoms with Gasteiger partial charge in [0.25, 0.3) is 5.91 Å². The minimum atomic E-state index is -4.76. The second-order valence-corrected chi connectivity index (χ2v) is 9.02. The van der Waals surface area contributed by atoms with Crippen molar-refractivity contribution >= 4 is 13.7 Å². The number of hydrogen-bond donors (Lipinski definition) is 1. The zero-order chi connectivity index (χ0) is 24.0. The van der Waals surface area contributed by atoms with E-state index in [1.54, 1.807) is 0 Å². The lowest BCUT2D eigenvalue weighted by Crippen LogP contribution is -2.68. The Morgan fingerprint density at radius 1 is 1.09 bits per heavy atom. The number of amides is 1. The van der Waals surface area contributed by atoms with Gasteiger partial charge >= 0.3 is 19.8 Å². The van der Waals surface area contributed by atoms with Crippen LogP contribution in [-0.4, -0.2) is 43.6 Å². The SMILES string of the molecule is N[C@]1(Cc2cc(F)c(F)cc2F)OP2(=O)OC1(C(=O)N1CCn3c(nnc3C(F)(F)F)C1)O2. The van der Waals surface area contributed by atoms with Crippen LogP contribution in [0.15, 0.2) is 12.1 Å². The van der Waals surface area contributed by atoms with E-state index < -0.39 is 73.2 Å². The zero-order valence-corrected chi connectivity index (χ0v) is 17.0. The quantitative estimate of drug-likeness (QED) is 0.386. The molecular weight excluding hydrogens is 487 g/mol. The number of aromatic nitrogens is 3. The zero-order valence-electron chi connectivity index (χ0n) is 16.1. The summed E-state index contributed by atoms with van der Waals surface area (Å²) in [6, 6.07) is 0.732. The summed E-state index contributed by atoms with van der Waals surface area (Å²) in [5.74, 6) is -9.19. The van der Waals surface area contributed by atoms with E-state index in [1.165, 1.54) is 0 Å². The number of benzene rings is 1. The number of hydrogen-bond acceptors (Lipinski definition) is 8. The molecule has 0 radical (unpaired) electrons. The van der Waals surface area contributed by atoms with Crippen LogP contribution >= 0.6 is 7.82 Å². The van der Waals surface area contributed by atoms with E-state index in [2.05, 4.69) is 10.2 Å². The van der Waals surface area contributed by atoms with Crippen molar-refractivity contribution in [2.45, 2.75) is 37.2 Å². The first-order valence-electron chi connectivity index (χ1n) is 9.20. The van der Waals surface area contributed by atoms with E-state index in [-0.39, 0.29) is 25.0 Å². The first-order chi connectivity index (χ1) is 15.3. The Labute approximate surface area is 179 Å². The van der Waals surface area contributed by atoms with Crippen molar-refractivity contribution in [3.05, 3.63) is 46.8 Å². The first-order valence-corrected chi connectivity index (χ1v) is 10.7. The van der Waals surface area contributed by atoms with Crippen molar-refractivity contribution in [2.75, 3.05) is 6.54 Å². The van der Waals surface area contributed by atoms with E-state index in [0.717, 1.165) is 9.47 Å². The molecule has 1 atom stereocenters. The molecule has 33 heavy (non-hydrogen) atoms. The Hall–Kier alpha value is -2.52. The van der Waals surface area contributed by atoms with Crippen LogP contribution in [0.3, 0.4) is 0 Å². The standard InChI is InChI=1S/C16H12F6N5O5P/c17-8-4-10(19)9(18)3-7(8)5-14(23)15(31-33(29,30-14)32-15)13(28)26-1-2-27-11(6-26)24-25-12(27)16(20,21)22/h3-4H,1-2,5-6,23H2/t14-,15?,33?/m1/s1. The maximum atomic E-state index is 14.2. The van der Waals surface area contributed by atoms with Gasteiger partial charge in [0, 0.05) is 25.6 Å². The van der Waals surface area contributed by atoms with E-state index in [0.29, 0.717) is 6.07 Å². The predicted octanol–water partition coefficient (Wildman–Crippen LogP) is 1.84. The molecule has 6 rings (SSSR count). The molecular formula is C16H12F6N5O5P.